The van der Waals surface area contributed by atoms with Crippen molar-refractivity contribution in [1.82, 2.24) is 14.9 Å². The van der Waals surface area contributed by atoms with E-state index in [-0.39, 0.29) is 18.1 Å². The number of ether oxygens (including phenoxy) is 1. The number of carbonyl (C=O) groups excluding carboxylic acids is 1. The molecule has 3 aromatic rings. The molecule has 0 radical (unpaired) electrons. The van der Waals surface area contributed by atoms with Crippen LogP contribution in [0.15, 0.2) is 33.2 Å². The lowest BCUT2D eigenvalue weighted by Crippen LogP contribution is -2.48. The molecule has 0 spiro atoms. The Balaban J connectivity index is 1.40. The zero-order valence-electron chi connectivity index (χ0n) is 15.5. The SMILES string of the molecule is Cc1ccc2oc(SCc3nc(C(=O)N4C[C@@H](C)O[C@@H](C)C4)cs3)nc2c1. The predicted octanol–water partition coefficient (Wildman–Crippen LogP) is 4.13. The van der Waals surface area contributed by atoms with Crippen LogP contribution in [0.25, 0.3) is 11.1 Å². The van der Waals surface area contributed by atoms with Crippen LogP contribution < -0.4 is 0 Å². The van der Waals surface area contributed by atoms with Crippen molar-refractivity contribution in [2.75, 3.05) is 13.1 Å². The minimum Gasteiger partial charge on any atom is -0.431 e. The van der Waals surface area contributed by atoms with Crippen LogP contribution in [0.2, 0.25) is 0 Å². The van der Waals surface area contributed by atoms with Gasteiger partial charge >= 0.3 is 0 Å². The summed E-state index contributed by atoms with van der Waals surface area (Å²) in [6.07, 6.45) is 0.100. The van der Waals surface area contributed by atoms with Crippen LogP contribution in [0.1, 0.15) is 34.9 Å². The average Bonchev–Trinajstić information content (AvgIpc) is 3.24. The Morgan fingerprint density at radius 3 is 2.85 bits per heavy atom. The van der Waals surface area contributed by atoms with E-state index in [2.05, 4.69) is 9.97 Å². The summed E-state index contributed by atoms with van der Waals surface area (Å²) >= 11 is 2.98. The summed E-state index contributed by atoms with van der Waals surface area (Å²) in [6, 6.07) is 5.95. The van der Waals surface area contributed by atoms with Crippen LogP contribution in [-0.4, -0.2) is 46.1 Å². The zero-order chi connectivity index (χ0) is 19.0. The maximum atomic E-state index is 12.7. The molecule has 0 aliphatic carbocycles. The van der Waals surface area contributed by atoms with Gasteiger partial charge < -0.3 is 14.1 Å². The first-order valence-electron chi connectivity index (χ1n) is 8.87. The molecule has 0 saturated carbocycles. The van der Waals surface area contributed by atoms with Crippen molar-refractivity contribution >= 4 is 40.1 Å². The predicted molar refractivity (Wildman–Crippen MR) is 106 cm³/mol. The molecule has 4 rings (SSSR count). The number of benzene rings is 1. The molecular formula is C19H21N3O3S2. The van der Waals surface area contributed by atoms with Crippen molar-refractivity contribution in [3.63, 3.8) is 0 Å². The van der Waals surface area contributed by atoms with E-state index >= 15 is 0 Å². The molecule has 3 heterocycles. The molecule has 0 unspecified atom stereocenters. The number of rotatable bonds is 4. The first-order chi connectivity index (χ1) is 13.0. The zero-order valence-corrected chi connectivity index (χ0v) is 17.1. The van der Waals surface area contributed by atoms with E-state index in [0.717, 1.165) is 21.7 Å². The summed E-state index contributed by atoms with van der Waals surface area (Å²) in [5.41, 5.74) is 3.31. The summed E-state index contributed by atoms with van der Waals surface area (Å²) in [6.45, 7) is 7.22. The molecule has 2 atom stereocenters. The highest BCUT2D eigenvalue weighted by atomic mass is 32.2. The molecule has 1 saturated heterocycles. The Hall–Kier alpha value is -1.90. The lowest BCUT2D eigenvalue weighted by Gasteiger charge is -2.34. The van der Waals surface area contributed by atoms with Gasteiger partial charge in [-0.3, -0.25) is 4.79 Å². The lowest BCUT2D eigenvalue weighted by molar-refractivity contribution is -0.0587. The van der Waals surface area contributed by atoms with E-state index in [9.17, 15) is 4.79 Å². The third-order valence-electron chi connectivity index (χ3n) is 4.32. The van der Waals surface area contributed by atoms with Crippen molar-refractivity contribution in [1.29, 1.82) is 0 Å². The minimum atomic E-state index is -0.0261. The Morgan fingerprint density at radius 1 is 1.30 bits per heavy atom. The van der Waals surface area contributed by atoms with E-state index < -0.39 is 0 Å². The second-order valence-corrected chi connectivity index (χ2v) is 8.70. The van der Waals surface area contributed by atoms with Gasteiger partial charge in [0.1, 0.15) is 16.2 Å². The first-order valence-corrected chi connectivity index (χ1v) is 10.7. The van der Waals surface area contributed by atoms with E-state index in [0.29, 0.717) is 29.8 Å². The smallest absolute Gasteiger partial charge is 0.273 e. The molecule has 1 aromatic carbocycles. The number of fused-ring (bicyclic) bond motifs is 1. The second kappa shape index (κ2) is 7.61. The number of thioether (sulfide) groups is 1. The third-order valence-corrected chi connectivity index (χ3v) is 6.19. The molecule has 2 aromatic heterocycles. The molecule has 1 aliphatic rings. The summed E-state index contributed by atoms with van der Waals surface area (Å²) in [5, 5.41) is 3.34. The molecule has 8 heteroatoms. The molecule has 142 valence electrons. The fourth-order valence-electron chi connectivity index (χ4n) is 3.18. The number of oxazole rings is 1. The van der Waals surface area contributed by atoms with Gasteiger partial charge in [0.15, 0.2) is 5.58 Å². The van der Waals surface area contributed by atoms with Crippen LogP contribution in [0, 0.1) is 6.92 Å². The molecular weight excluding hydrogens is 382 g/mol. The molecule has 27 heavy (non-hydrogen) atoms. The Morgan fingerprint density at radius 2 is 2.07 bits per heavy atom. The van der Waals surface area contributed by atoms with Crippen LogP contribution in [0.4, 0.5) is 0 Å². The highest BCUT2D eigenvalue weighted by Gasteiger charge is 2.27. The van der Waals surface area contributed by atoms with Gasteiger partial charge in [0.05, 0.1) is 18.0 Å². The third kappa shape index (κ3) is 4.17. The number of nitrogens with zero attached hydrogens (tertiary/aromatic N) is 3. The van der Waals surface area contributed by atoms with Crippen LogP contribution in [0.3, 0.4) is 0 Å². The first kappa shape index (κ1) is 18.5. The number of hydrogen-bond acceptors (Lipinski definition) is 7. The van der Waals surface area contributed by atoms with Gasteiger partial charge in [0.2, 0.25) is 0 Å². The molecule has 1 amide bonds. The normalized spacial score (nSPS) is 20.3. The van der Waals surface area contributed by atoms with E-state index in [1.165, 1.54) is 23.1 Å². The highest BCUT2D eigenvalue weighted by molar-refractivity contribution is 7.98. The van der Waals surface area contributed by atoms with Gasteiger partial charge in [-0.1, -0.05) is 17.8 Å². The molecule has 1 aliphatic heterocycles. The Kier molecular flexibility index (Phi) is 5.21. The molecule has 0 bridgehead atoms. The van der Waals surface area contributed by atoms with Crippen LogP contribution in [-0.2, 0) is 10.5 Å². The Labute approximate surface area is 165 Å². The summed E-state index contributed by atoms with van der Waals surface area (Å²) < 4.78 is 11.5. The maximum absolute atomic E-state index is 12.7. The van der Waals surface area contributed by atoms with Crippen LogP contribution >= 0.6 is 23.1 Å². The monoisotopic (exact) mass is 403 g/mol. The highest BCUT2D eigenvalue weighted by Crippen LogP contribution is 2.28. The van der Waals surface area contributed by atoms with E-state index in [1.807, 2.05) is 49.3 Å². The number of morpholine rings is 1. The number of amides is 1. The summed E-state index contributed by atoms with van der Waals surface area (Å²) in [5.74, 6) is 0.599. The maximum Gasteiger partial charge on any atom is 0.273 e. The molecule has 1 fully saturated rings. The molecule has 0 N–H and O–H groups in total. The largest absolute Gasteiger partial charge is 0.431 e. The van der Waals surface area contributed by atoms with Crippen molar-refractivity contribution in [2.24, 2.45) is 0 Å². The number of aryl methyl sites for hydroxylation is 1. The lowest BCUT2D eigenvalue weighted by atomic mass is 10.2. The van der Waals surface area contributed by atoms with Crippen molar-refractivity contribution in [3.05, 3.63) is 39.8 Å². The fourth-order valence-corrected chi connectivity index (χ4v) is 4.81. The van der Waals surface area contributed by atoms with E-state index in [1.54, 1.807) is 0 Å². The average molecular weight is 404 g/mol. The van der Waals surface area contributed by atoms with Gasteiger partial charge in [-0.25, -0.2) is 9.97 Å². The summed E-state index contributed by atoms with van der Waals surface area (Å²) in [4.78, 5) is 23.6. The quantitative estimate of drug-likeness (QED) is 0.610. The van der Waals surface area contributed by atoms with Gasteiger partial charge in [0, 0.05) is 18.5 Å². The summed E-state index contributed by atoms with van der Waals surface area (Å²) in [7, 11) is 0. The number of aromatic nitrogens is 2. The van der Waals surface area contributed by atoms with Gasteiger partial charge in [0.25, 0.3) is 11.1 Å². The fraction of sp³-hybridized carbons (Fsp3) is 0.421. The Bertz CT molecular complexity index is 958. The van der Waals surface area contributed by atoms with E-state index in [4.69, 9.17) is 9.15 Å². The standard InChI is InChI=1S/C19H21N3O3S2/c1-11-4-5-16-14(6-11)21-19(25-16)27-10-17-20-15(9-26-17)18(23)22-7-12(2)24-13(3)8-22/h4-6,9,12-13H,7-8,10H2,1-3H3/t12-,13+. The number of thiazole rings is 1. The molecule has 6 nitrogen and oxygen atoms in total. The van der Waals surface area contributed by atoms with Gasteiger partial charge in [-0.2, -0.15) is 0 Å². The van der Waals surface area contributed by atoms with Crippen LogP contribution in [0.5, 0.6) is 0 Å². The second-order valence-electron chi connectivity index (χ2n) is 6.83. The van der Waals surface area contributed by atoms with Crippen molar-refractivity contribution < 1.29 is 13.9 Å². The number of carbonyl (C=O) groups is 1. The minimum absolute atomic E-state index is 0.0261. The van der Waals surface area contributed by atoms with Gasteiger partial charge in [-0.05, 0) is 38.5 Å². The van der Waals surface area contributed by atoms with Gasteiger partial charge in [-0.15, -0.1) is 11.3 Å². The van der Waals surface area contributed by atoms with Crippen molar-refractivity contribution in [3.8, 4) is 0 Å². The van der Waals surface area contributed by atoms with Crippen molar-refractivity contribution in [2.45, 2.75) is 44.0 Å². The topological polar surface area (TPSA) is 68.5 Å². The number of hydrogen-bond donors (Lipinski definition) is 0.